The summed E-state index contributed by atoms with van der Waals surface area (Å²) < 4.78 is 0. The first-order valence-electron chi connectivity index (χ1n) is 8.50. The van der Waals surface area contributed by atoms with Gasteiger partial charge in [-0.05, 0) is 62.3 Å². The highest BCUT2D eigenvalue weighted by atomic mass is 14.9. The van der Waals surface area contributed by atoms with Gasteiger partial charge in [0.1, 0.15) is 0 Å². The van der Waals surface area contributed by atoms with E-state index in [1.54, 1.807) is 5.56 Å². The number of likely N-dealkylation sites (N-methyl/N-ethyl adjacent to an activating group) is 1. The summed E-state index contributed by atoms with van der Waals surface area (Å²) in [6, 6.07) is 7.37. The maximum Gasteiger partial charge on any atom is 0.0136 e. The molecule has 1 fully saturated rings. The van der Waals surface area contributed by atoms with Gasteiger partial charge in [0.25, 0.3) is 0 Å². The predicted molar refractivity (Wildman–Crippen MR) is 88.3 cm³/mol. The van der Waals surface area contributed by atoms with E-state index in [0.29, 0.717) is 6.04 Å². The molecule has 1 heteroatoms. The Hall–Kier alpha value is -0.820. The largest absolute Gasteiger partial charge is 0.314 e. The third kappa shape index (κ3) is 4.09. The van der Waals surface area contributed by atoms with Crippen molar-refractivity contribution in [3.05, 3.63) is 34.9 Å². The summed E-state index contributed by atoms with van der Waals surface area (Å²) in [5.41, 5.74) is 4.49. The minimum Gasteiger partial charge on any atom is -0.314 e. The molecule has 1 aromatic carbocycles. The lowest BCUT2D eigenvalue weighted by molar-refractivity contribution is 0.321. The molecule has 0 heterocycles. The van der Waals surface area contributed by atoms with Gasteiger partial charge in [0, 0.05) is 6.04 Å². The van der Waals surface area contributed by atoms with Crippen molar-refractivity contribution in [1.82, 2.24) is 5.32 Å². The number of benzene rings is 1. The molecule has 0 spiro atoms. The molecule has 0 saturated heterocycles. The van der Waals surface area contributed by atoms with Crippen LogP contribution < -0.4 is 5.32 Å². The molecule has 0 aliphatic heterocycles. The normalized spacial score (nSPS) is 18.8. The summed E-state index contributed by atoms with van der Waals surface area (Å²) in [6.45, 7) is 7.86. The second kappa shape index (κ2) is 7.83. The number of hydrogen-bond donors (Lipinski definition) is 1. The summed E-state index contributed by atoms with van der Waals surface area (Å²) in [5.74, 6) is 0.872. The van der Waals surface area contributed by atoms with Crippen LogP contribution in [-0.2, 0) is 6.42 Å². The van der Waals surface area contributed by atoms with Gasteiger partial charge >= 0.3 is 0 Å². The van der Waals surface area contributed by atoms with Crippen LogP contribution in [0.3, 0.4) is 0 Å². The zero-order valence-corrected chi connectivity index (χ0v) is 13.5. The average Bonchev–Trinajstić information content (AvgIpc) is 2.71. The maximum absolute atomic E-state index is 3.78. The highest BCUT2D eigenvalue weighted by Crippen LogP contribution is 2.28. The molecule has 1 saturated carbocycles. The highest BCUT2D eigenvalue weighted by Gasteiger charge is 2.23. The molecule has 1 N–H and O–H groups in total. The first-order valence-corrected chi connectivity index (χ1v) is 8.50. The summed E-state index contributed by atoms with van der Waals surface area (Å²) in [5, 5.41) is 3.78. The lowest BCUT2D eigenvalue weighted by atomic mass is 9.85. The number of aryl methyl sites for hydroxylation is 2. The lowest BCUT2D eigenvalue weighted by Crippen LogP contribution is -2.38. The summed E-state index contributed by atoms with van der Waals surface area (Å²) in [4.78, 5) is 0. The van der Waals surface area contributed by atoms with Gasteiger partial charge in [-0.15, -0.1) is 0 Å². The minimum atomic E-state index is 0.665. The fourth-order valence-electron chi connectivity index (χ4n) is 3.77. The third-order valence-corrected chi connectivity index (χ3v) is 5.00. The SMILES string of the molecule is CCNC(Cc1c(C)cccc1C)C1CCCCCC1. The van der Waals surface area contributed by atoms with E-state index in [-0.39, 0.29) is 0 Å². The molecule has 1 aliphatic carbocycles. The molecule has 1 aliphatic rings. The van der Waals surface area contributed by atoms with Crippen molar-refractivity contribution in [2.75, 3.05) is 6.54 Å². The van der Waals surface area contributed by atoms with E-state index in [2.05, 4.69) is 44.3 Å². The summed E-state index contributed by atoms with van der Waals surface area (Å²) in [7, 11) is 0. The van der Waals surface area contributed by atoms with Gasteiger partial charge in [-0.25, -0.2) is 0 Å². The van der Waals surface area contributed by atoms with Crippen molar-refractivity contribution in [2.45, 2.75) is 71.8 Å². The fourth-order valence-corrected chi connectivity index (χ4v) is 3.77. The smallest absolute Gasteiger partial charge is 0.0136 e. The van der Waals surface area contributed by atoms with E-state index in [9.17, 15) is 0 Å². The van der Waals surface area contributed by atoms with Crippen molar-refractivity contribution < 1.29 is 0 Å². The minimum absolute atomic E-state index is 0.665. The Morgan fingerprint density at radius 1 is 1.05 bits per heavy atom. The van der Waals surface area contributed by atoms with Gasteiger partial charge in [-0.1, -0.05) is 50.8 Å². The number of rotatable bonds is 5. The van der Waals surface area contributed by atoms with Crippen LogP contribution >= 0.6 is 0 Å². The van der Waals surface area contributed by atoms with Gasteiger partial charge < -0.3 is 5.32 Å². The Morgan fingerprint density at radius 2 is 1.65 bits per heavy atom. The van der Waals surface area contributed by atoms with Gasteiger partial charge in [0.15, 0.2) is 0 Å². The van der Waals surface area contributed by atoms with E-state index in [0.717, 1.165) is 12.5 Å². The van der Waals surface area contributed by atoms with E-state index in [1.807, 2.05) is 0 Å². The molecular formula is C19H31N. The molecular weight excluding hydrogens is 242 g/mol. The first-order chi connectivity index (χ1) is 9.72. The zero-order chi connectivity index (χ0) is 14.4. The molecule has 112 valence electrons. The molecule has 1 atom stereocenters. The maximum atomic E-state index is 3.78. The van der Waals surface area contributed by atoms with Crippen LogP contribution in [0.2, 0.25) is 0 Å². The Morgan fingerprint density at radius 3 is 2.20 bits per heavy atom. The molecule has 0 amide bonds. The van der Waals surface area contributed by atoms with E-state index >= 15 is 0 Å². The number of nitrogens with one attached hydrogen (secondary N) is 1. The Labute approximate surface area is 125 Å². The number of hydrogen-bond acceptors (Lipinski definition) is 1. The quantitative estimate of drug-likeness (QED) is 0.760. The summed E-state index contributed by atoms with van der Waals surface area (Å²) >= 11 is 0. The highest BCUT2D eigenvalue weighted by molar-refractivity contribution is 5.34. The van der Waals surface area contributed by atoms with Crippen LogP contribution in [-0.4, -0.2) is 12.6 Å². The molecule has 0 aromatic heterocycles. The van der Waals surface area contributed by atoms with Gasteiger partial charge in [-0.2, -0.15) is 0 Å². The second-order valence-electron chi connectivity index (χ2n) is 6.49. The fraction of sp³-hybridized carbons (Fsp3) is 0.684. The molecule has 1 nitrogen and oxygen atoms in total. The van der Waals surface area contributed by atoms with Crippen molar-refractivity contribution >= 4 is 0 Å². The predicted octanol–water partition coefficient (Wildman–Crippen LogP) is 4.79. The van der Waals surface area contributed by atoms with E-state index in [4.69, 9.17) is 0 Å². The van der Waals surface area contributed by atoms with Crippen molar-refractivity contribution in [1.29, 1.82) is 0 Å². The standard InChI is InChI=1S/C19H31N/c1-4-20-19(17-12-7-5-6-8-13-17)14-18-15(2)10-9-11-16(18)3/h9-11,17,19-20H,4-8,12-14H2,1-3H3. The Kier molecular flexibility index (Phi) is 6.09. The van der Waals surface area contributed by atoms with Gasteiger partial charge in [0.2, 0.25) is 0 Å². The van der Waals surface area contributed by atoms with Crippen LogP contribution in [0.25, 0.3) is 0 Å². The molecule has 0 radical (unpaired) electrons. The topological polar surface area (TPSA) is 12.0 Å². The van der Waals surface area contributed by atoms with Crippen LogP contribution in [0.5, 0.6) is 0 Å². The average molecular weight is 273 g/mol. The van der Waals surface area contributed by atoms with Crippen LogP contribution in [0, 0.1) is 19.8 Å². The monoisotopic (exact) mass is 273 g/mol. The van der Waals surface area contributed by atoms with Crippen molar-refractivity contribution in [3.8, 4) is 0 Å². The molecule has 0 bridgehead atoms. The molecule has 20 heavy (non-hydrogen) atoms. The zero-order valence-electron chi connectivity index (χ0n) is 13.5. The van der Waals surface area contributed by atoms with Crippen LogP contribution in [0.1, 0.15) is 62.1 Å². The molecule has 1 aromatic rings. The van der Waals surface area contributed by atoms with E-state index < -0.39 is 0 Å². The lowest BCUT2D eigenvalue weighted by Gasteiger charge is -2.28. The van der Waals surface area contributed by atoms with Crippen molar-refractivity contribution in [2.24, 2.45) is 5.92 Å². The van der Waals surface area contributed by atoms with Crippen molar-refractivity contribution in [3.63, 3.8) is 0 Å². The molecule has 1 unspecified atom stereocenters. The van der Waals surface area contributed by atoms with Crippen LogP contribution in [0.4, 0.5) is 0 Å². The first kappa shape index (κ1) is 15.6. The van der Waals surface area contributed by atoms with Crippen LogP contribution in [0.15, 0.2) is 18.2 Å². The molecule has 2 rings (SSSR count). The van der Waals surface area contributed by atoms with Gasteiger partial charge in [0.05, 0.1) is 0 Å². The third-order valence-electron chi connectivity index (χ3n) is 5.00. The summed E-state index contributed by atoms with van der Waals surface area (Å²) in [6.07, 6.45) is 9.79. The van der Waals surface area contributed by atoms with Gasteiger partial charge in [-0.3, -0.25) is 0 Å². The second-order valence-corrected chi connectivity index (χ2v) is 6.49. The van der Waals surface area contributed by atoms with E-state index in [1.165, 1.54) is 56.1 Å². The Balaban J connectivity index is 2.11. The Bertz CT molecular complexity index is 382.